The molecule has 1 fully saturated rings. The number of aryl methyl sites for hydroxylation is 2. The molecule has 61 heavy (non-hydrogen) atoms. The Labute approximate surface area is 367 Å². The van der Waals surface area contributed by atoms with Gasteiger partial charge in [-0.05, 0) is 69.0 Å². The number of amides is 4. The first-order valence-electron chi connectivity index (χ1n) is 20.4. The number of ether oxygens (including phenoxy) is 4. The second-order valence-corrected chi connectivity index (χ2v) is 17.6. The molecule has 324 valence electrons. The molecule has 7 rings (SSSR count). The van der Waals surface area contributed by atoms with Gasteiger partial charge in [-0.25, -0.2) is 0 Å². The van der Waals surface area contributed by atoms with Gasteiger partial charge in [0.25, 0.3) is 5.91 Å². The molecule has 3 aliphatic rings. The van der Waals surface area contributed by atoms with Crippen molar-refractivity contribution in [2.75, 3.05) is 65.2 Å². The van der Waals surface area contributed by atoms with Crippen LogP contribution in [0.15, 0.2) is 52.4 Å². The van der Waals surface area contributed by atoms with E-state index >= 15 is 0 Å². The van der Waals surface area contributed by atoms with Gasteiger partial charge in [-0.3, -0.25) is 34.1 Å². The first-order valence-corrected chi connectivity index (χ1v) is 22.6. The molecule has 0 radical (unpaired) electrons. The number of fused-ring (bicyclic) bond motifs is 4. The minimum absolute atomic E-state index is 0.125. The van der Waals surface area contributed by atoms with Crippen molar-refractivity contribution in [3.63, 3.8) is 0 Å². The van der Waals surface area contributed by atoms with Crippen molar-refractivity contribution in [3.8, 4) is 5.00 Å². The summed E-state index contributed by atoms with van der Waals surface area (Å²) in [6, 6.07) is 12.1. The zero-order valence-electron chi connectivity index (χ0n) is 34.5. The number of thioether (sulfide) groups is 1. The van der Waals surface area contributed by atoms with E-state index in [0.717, 1.165) is 43.7 Å². The number of imide groups is 1. The number of nitrogens with zero attached hydrogens (tertiary/aromatic N) is 5. The lowest BCUT2D eigenvalue weighted by Crippen LogP contribution is -2.52. The Morgan fingerprint density at radius 1 is 0.934 bits per heavy atom. The molecule has 0 bridgehead atoms. The van der Waals surface area contributed by atoms with Crippen LogP contribution in [0, 0.1) is 20.8 Å². The van der Waals surface area contributed by atoms with Crippen LogP contribution in [0.25, 0.3) is 5.00 Å². The Balaban J connectivity index is 0.727. The summed E-state index contributed by atoms with van der Waals surface area (Å²) in [7, 11) is 0. The van der Waals surface area contributed by atoms with E-state index in [1.807, 2.05) is 47.9 Å². The highest BCUT2D eigenvalue weighted by atomic mass is 35.5. The lowest BCUT2D eigenvalue weighted by atomic mass is 9.99. The zero-order chi connectivity index (χ0) is 42.9. The van der Waals surface area contributed by atoms with Crippen LogP contribution in [0.2, 0.25) is 5.02 Å². The van der Waals surface area contributed by atoms with Gasteiger partial charge in [0.15, 0.2) is 5.82 Å². The van der Waals surface area contributed by atoms with E-state index in [-0.39, 0.29) is 30.6 Å². The number of benzene rings is 2. The number of carbonyl (C=O) groups excluding carboxylic acids is 4. The SMILES string of the molecule is Cc1sc2c(c1C)C(c1ccc(Cl)cc1)=N[C@@H](CC(=O)NCCCOCCOCCOCCOCCSc1cccc3c1CN(C1CCC(=O)NC1=O)C3=O)c1nnc(C)n1-2. The maximum absolute atomic E-state index is 13.2. The summed E-state index contributed by atoms with van der Waals surface area (Å²) in [4.78, 5) is 59.1. The Kier molecular flexibility index (Phi) is 15.4. The van der Waals surface area contributed by atoms with Crippen molar-refractivity contribution < 1.29 is 38.1 Å². The number of carbonyl (C=O) groups is 4. The molecule has 5 heterocycles. The van der Waals surface area contributed by atoms with Gasteiger partial charge < -0.3 is 29.2 Å². The van der Waals surface area contributed by atoms with Crippen LogP contribution in [-0.2, 0) is 39.9 Å². The summed E-state index contributed by atoms with van der Waals surface area (Å²) >= 11 is 9.50. The highest BCUT2D eigenvalue weighted by Crippen LogP contribution is 2.40. The molecule has 4 amide bonds. The van der Waals surface area contributed by atoms with Crippen LogP contribution in [0.4, 0.5) is 0 Å². The number of hydrogen-bond acceptors (Lipinski definition) is 13. The number of thiophene rings is 1. The Morgan fingerprint density at radius 3 is 2.36 bits per heavy atom. The largest absolute Gasteiger partial charge is 0.379 e. The lowest BCUT2D eigenvalue weighted by molar-refractivity contribution is -0.137. The summed E-state index contributed by atoms with van der Waals surface area (Å²) in [5, 5.41) is 15.9. The fraction of sp³-hybridized carbons (Fsp3) is 0.465. The van der Waals surface area contributed by atoms with Crippen LogP contribution < -0.4 is 10.6 Å². The topological polar surface area (TPSA) is 176 Å². The Hall–Kier alpha value is -4.49. The maximum atomic E-state index is 13.2. The molecule has 4 aromatic rings. The molecule has 0 aliphatic carbocycles. The van der Waals surface area contributed by atoms with E-state index in [0.29, 0.717) is 101 Å². The van der Waals surface area contributed by atoms with Gasteiger partial charge in [0.05, 0.1) is 58.4 Å². The first-order chi connectivity index (χ1) is 29.6. The molecular formula is C43H50ClN7O8S2. The van der Waals surface area contributed by atoms with Gasteiger partial charge in [-0.1, -0.05) is 29.8 Å². The van der Waals surface area contributed by atoms with E-state index in [1.54, 1.807) is 34.1 Å². The number of hydrogen-bond donors (Lipinski definition) is 2. The van der Waals surface area contributed by atoms with Crippen LogP contribution in [0.5, 0.6) is 0 Å². The lowest BCUT2D eigenvalue weighted by Gasteiger charge is -2.29. The van der Waals surface area contributed by atoms with Gasteiger partial charge in [0.2, 0.25) is 17.7 Å². The van der Waals surface area contributed by atoms with Gasteiger partial charge in [-0.2, -0.15) is 0 Å². The Bertz CT molecular complexity index is 2260. The van der Waals surface area contributed by atoms with Crippen molar-refractivity contribution in [1.82, 2.24) is 30.3 Å². The van der Waals surface area contributed by atoms with Crippen molar-refractivity contribution in [2.45, 2.75) is 70.0 Å². The molecule has 2 aromatic carbocycles. The molecular weight excluding hydrogens is 842 g/mol. The average Bonchev–Trinajstić information content (AvgIpc) is 3.86. The second-order valence-electron chi connectivity index (χ2n) is 14.8. The van der Waals surface area contributed by atoms with Crippen LogP contribution >= 0.6 is 34.7 Å². The van der Waals surface area contributed by atoms with Gasteiger partial charge in [-0.15, -0.1) is 33.3 Å². The molecule has 1 unspecified atom stereocenters. The smallest absolute Gasteiger partial charge is 0.255 e. The van der Waals surface area contributed by atoms with Crippen LogP contribution in [0.1, 0.15) is 80.9 Å². The van der Waals surface area contributed by atoms with Crippen molar-refractivity contribution in [1.29, 1.82) is 0 Å². The summed E-state index contributed by atoms with van der Waals surface area (Å²) in [5.41, 5.74) is 5.41. The fourth-order valence-corrected chi connectivity index (χ4v) is 9.73. The maximum Gasteiger partial charge on any atom is 0.255 e. The summed E-state index contributed by atoms with van der Waals surface area (Å²) in [5.74, 6) is 1.07. The predicted octanol–water partition coefficient (Wildman–Crippen LogP) is 5.32. The van der Waals surface area contributed by atoms with E-state index in [9.17, 15) is 19.2 Å². The number of nitrogens with one attached hydrogen (secondary N) is 2. The van der Waals surface area contributed by atoms with E-state index in [2.05, 4.69) is 34.7 Å². The summed E-state index contributed by atoms with van der Waals surface area (Å²) in [6.07, 6.45) is 1.34. The Morgan fingerprint density at radius 2 is 1.64 bits per heavy atom. The normalized spacial score (nSPS) is 17.1. The quantitative estimate of drug-likeness (QED) is 0.0630. The predicted molar refractivity (Wildman–Crippen MR) is 232 cm³/mol. The molecule has 18 heteroatoms. The van der Waals surface area contributed by atoms with Gasteiger partial charge >= 0.3 is 0 Å². The summed E-state index contributed by atoms with van der Waals surface area (Å²) < 4.78 is 24.7. The van der Waals surface area contributed by atoms with Gasteiger partial charge in [0.1, 0.15) is 22.9 Å². The van der Waals surface area contributed by atoms with Crippen molar-refractivity contribution in [3.05, 3.63) is 91.8 Å². The average molecular weight is 893 g/mol. The number of piperidine rings is 1. The van der Waals surface area contributed by atoms with Crippen LogP contribution in [-0.4, -0.2) is 120 Å². The molecule has 2 atom stereocenters. The minimum Gasteiger partial charge on any atom is -0.379 e. The molecule has 2 N–H and O–H groups in total. The third kappa shape index (κ3) is 10.8. The second kappa shape index (κ2) is 21.1. The van der Waals surface area contributed by atoms with Crippen LogP contribution in [0.3, 0.4) is 0 Å². The molecule has 0 saturated carbocycles. The number of aliphatic imine (C=N–C) groups is 1. The zero-order valence-corrected chi connectivity index (χ0v) is 36.9. The number of halogens is 1. The van der Waals surface area contributed by atoms with E-state index in [4.69, 9.17) is 35.5 Å². The van der Waals surface area contributed by atoms with Gasteiger partial charge in [0, 0.05) is 63.4 Å². The number of aromatic nitrogens is 3. The molecule has 15 nitrogen and oxygen atoms in total. The third-order valence-corrected chi connectivity index (χ3v) is 13.2. The molecule has 0 spiro atoms. The number of rotatable bonds is 21. The summed E-state index contributed by atoms with van der Waals surface area (Å²) in [6.45, 7) is 10.6. The standard InChI is InChI=1S/C43H50ClN7O8S2/c1-26-27(2)61-43-38(26)39(29-8-10-30(44)11-9-29)46-33(40-49-48-28(3)51(40)43)24-37(53)45-14-5-15-56-16-17-57-18-19-58-20-21-59-22-23-60-35-7-4-6-31-32(35)25-50(42(31)55)34-12-13-36(52)47-41(34)54/h4,6-11,33-34H,5,12-25H2,1-3H3,(H,45,53)(H,47,52,54)/t33-,34?/m0/s1. The minimum atomic E-state index is -0.631. The molecule has 2 aromatic heterocycles. The van der Waals surface area contributed by atoms with Crippen molar-refractivity contribution in [2.24, 2.45) is 4.99 Å². The molecule has 1 saturated heterocycles. The fourth-order valence-electron chi connectivity index (χ4n) is 7.45. The monoisotopic (exact) mass is 891 g/mol. The van der Waals surface area contributed by atoms with E-state index < -0.39 is 18.0 Å². The highest BCUT2D eigenvalue weighted by Gasteiger charge is 2.40. The van der Waals surface area contributed by atoms with E-state index in [1.165, 1.54) is 4.88 Å². The first kappa shape index (κ1) is 44.6. The molecule has 3 aliphatic heterocycles. The highest BCUT2D eigenvalue weighted by molar-refractivity contribution is 7.99. The van der Waals surface area contributed by atoms with Crippen molar-refractivity contribution >= 4 is 64.0 Å². The third-order valence-electron chi connectivity index (χ3n) is 10.7.